The van der Waals surface area contributed by atoms with Crippen LogP contribution in [0, 0.1) is 0 Å². The van der Waals surface area contributed by atoms with Crippen LogP contribution >= 0.6 is 15.9 Å². The van der Waals surface area contributed by atoms with Crippen molar-refractivity contribution in [2.24, 2.45) is 5.73 Å². The van der Waals surface area contributed by atoms with Crippen molar-refractivity contribution >= 4 is 21.6 Å². The normalized spacial score (nSPS) is 16.9. The summed E-state index contributed by atoms with van der Waals surface area (Å²) in [5.41, 5.74) is 6.84. The smallest absolute Gasteiger partial charge is 0.143 e. The molecule has 1 heterocycles. The monoisotopic (exact) mass is 270 g/mol. The maximum absolute atomic E-state index is 5.70. The van der Waals surface area contributed by atoms with Gasteiger partial charge in [0.25, 0.3) is 0 Å². The van der Waals surface area contributed by atoms with Crippen molar-refractivity contribution in [1.29, 1.82) is 0 Å². The molecule has 0 saturated heterocycles. The molecular weight excluding hydrogens is 256 g/mol. The van der Waals surface area contributed by atoms with Gasteiger partial charge in [0.2, 0.25) is 0 Å². The highest BCUT2D eigenvalue weighted by atomic mass is 79.9. The molecule has 1 unspecified atom stereocenters. The third-order valence-electron chi connectivity index (χ3n) is 2.69. The van der Waals surface area contributed by atoms with E-state index in [0.29, 0.717) is 12.6 Å². The van der Waals surface area contributed by atoms with Gasteiger partial charge in [-0.05, 0) is 25.1 Å². The van der Waals surface area contributed by atoms with Gasteiger partial charge in [-0.25, -0.2) is 0 Å². The average Bonchev–Trinajstić information content (AvgIpc) is 2.26. The van der Waals surface area contributed by atoms with Gasteiger partial charge in [-0.15, -0.1) is 0 Å². The zero-order valence-corrected chi connectivity index (χ0v) is 10.3. The second-order valence-electron chi connectivity index (χ2n) is 3.74. The summed E-state index contributed by atoms with van der Waals surface area (Å²) >= 11 is 3.44. The summed E-state index contributed by atoms with van der Waals surface area (Å²) in [5.74, 6) is 0.941. The second kappa shape index (κ2) is 4.41. The molecule has 2 rings (SSSR count). The van der Waals surface area contributed by atoms with Gasteiger partial charge < -0.3 is 15.4 Å². The Morgan fingerprint density at radius 2 is 2.40 bits per heavy atom. The molecule has 0 bridgehead atoms. The molecule has 82 valence electrons. The van der Waals surface area contributed by atoms with Crippen molar-refractivity contribution in [3.8, 4) is 5.75 Å². The fraction of sp³-hybridized carbons (Fsp3) is 0.455. The lowest BCUT2D eigenvalue weighted by atomic mass is 10.2. The lowest BCUT2D eigenvalue weighted by molar-refractivity contribution is 0.301. The summed E-state index contributed by atoms with van der Waals surface area (Å²) in [5, 5.41) is 0. The van der Waals surface area contributed by atoms with Crippen LogP contribution < -0.4 is 15.4 Å². The third-order valence-corrected chi connectivity index (χ3v) is 3.19. The third kappa shape index (κ3) is 2.11. The molecule has 4 heteroatoms. The Hall–Kier alpha value is -0.740. The van der Waals surface area contributed by atoms with Crippen LogP contribution in [0.4, 0.5) is 5.69 Å². The lowest BCUT2D eigenvalue weighted by Crippen LogP contribution is -2.43. The van der Waals surface area contributed by atoms with Crippen LogP contribution in [0.3, 0.4) is 0 Å². The van der Waals surface area contributed by atoms with Crippen molar-refractivity contribution < 1.29 is 4.74 Å². The Bertz CT molecular complexity index is 356. The van der Waals surface area contributed by atoms with Crippen molar-refractivity contribution in [3.05, 3.63) is 22.7 Å². The first-order valence-electron chi connectivity index (χ1n) is 5.11. The molecular formula is C11H15BrN2O. The van der Waals surface area contributed by atoms with E-state index in [-0.39, 0.29) is 0 Å². The quantitative estimate of drug-likeness (QED) is 0.894. The van der Waals surface area contributed by atoms with Crippen LogP contribution in [-0.4, -0.2) is 25.7 Å². The van der Waals surface area contributed by atoms with Gasteiger partial charge in [-0.2, -0.15) is 0 Å². The van der Waals surface area contributed by atoms with Gasteiger partial charge >= 0.3 is 0 Å². The van der Waals surface area contributed by atoms with Crippen LogP contribution in [0.2, 0.25) is 0 Å². The minimum Gasteiger partial charge on any atom is -0.490 e. The molecule has 1 aliphatic rings. The zero-order chi connectivity index (χ0) is 10.8. The van der Waals surface area contributed by atoms with Gasteiger partial charge in [0, 0.05) is 17.1 Å². The number of anilines is 1. The number of ether oxygens (including phenoxy) is 1. The van der Waals surface area contributed by atoms with Gasteiger partial charge in [0.15, 0.2) is 0 Å². The summed E-state index contributed by atoms with van der Waals surface area (Å²) in [6.45, 7) is 4.44. The Morgan fingerprint density at radius 3 is 3.13 bits per heavy atom. The Balaban J connectivity index is 2.34. The van der Waals surface area contributed by atoms with Crippen molar-refractivity contribution in [2.45, 2.75) is 13.0 Å². The molecule has 1 atom stereocenters. The van der Waals surface area contributed by atoms with Crippen molar-refractivity contribution in [3.63, 3.8) is 0 Å². The minimum absolute atomic E-state index is 0.355. The Kier molecular flexibility index (Phi) is 3.17. The van der Waals surface area contributed by atoms with Crippen LogP contribution in [0.25, 0.3) is 0 Å². The van der Waals surface area contributed by atoms with Gasteiger partial charge in [-0.3, -0.25) is 0 Å². The molecule has 2 N–H and O–H groups in total. The summed E-state index contributed by atoms with van der Waals surface area (Å²) in [7, 11) is 0. The largest absolute Gasteiger partial charge is 0.490 e. The van der Waals surface area contributed by atoms with Crippen molar-refractivity contribution in [2.75, 3.05) is 24.6 Å². The molecule has 3 nitrogen and oxygen atoms in total. The van der Waals surface area contributed by atoms with E-state index in [2.05, 4.69) is 33.8 Å². The standard InChI is InChI=1S/C11H15BrN2O/c1-8(7-13)14-4-5-15-11-6-9(12)2-3-10(11)14/h2-3,6,8H,4-5,7,13H2,1H3. The minimum atomic E-state index is 0.355. The molecule has 0 aromatic heterocycles. The summed E-state index contributed by atoms with van der Waals surface area (Å²) in [4.78, 5) is 2.30. The van der Waals surface area contributed by atoms with E-state index >= 15 is 0 Å². The molecule has 0 radical (unpaired) electrons. The van der Waals surface area contributed by atoms with E-state index in [1.807, 2.05) is 12.1 Å². The number of halogens is 1. The lowest BCUT2D eigenvalue weighted by Gasteiger charge is -2.35. The second-order valence-corrected chi connectivity index (χ2v) is 4.65. The molecule has 1 aromatic rings. The predicted molar refractivity (Wildman–Crippen MR) is 65.5 cm³/mol. The molecule has 15 heavy (non-hydrogen) atoms. The topological polar surface area (TPSA) is 38.5 Å². The molecule has 1 aliphatic heterocycles. The van der Waals surface area contributed by atoms with E-state index in [9.17, 15) is 0 Å². The SMILES string of the molecule is CC(CN)N1CCOc2cc(Br)ccc21. The number of fused-ring (bicyclic) bond motifs is 1. The van der Waals surface area contributed by atoms with Crippen LogP contribution in [0.1, 0.15) is 6.92 Å². The fourth-order valence-corrected chi connectivity index (χ4v) is 2.14. The van der Waals surface area contributed by atoms with Gasteiger partial charge in [0.1, 0.15) is 12.4 Å². The van der Waals surface area contributed by atoms with E-state index in [1.54, 1.807) is 0 Å². The number of nitrogens with zero attached hydrogens (tertiary/aromatic N) is 1. The maximum atomic E-state index is 5.70. The van der Waals surface area contributed by atoms with Crippen LogP contribution in [0.15, 0.2) is 22.7 Å². The molecule has 0 amide bonds. The van der Waals surface area contributed by atoms with Crippen molar-refractivity contribution in [1.82, 2.24) is 0 Å². The number of hydrogen-bond acceptors (Lipinski definition) is 3. The molecule has 1 aromatic carbocycles. The average molecular weight is 271 g/mol. The molecule has 0 saturated carbocycles. The summed E-state index contributed by atoms with van der Waals surface area (Å²) < 4.78 is 6.66. The maximum Gasteiger partial charge on any atom is 0.143 e. The van der Waals surface area contributed by atoms with Crippen LogP contribution in [-0.2, 0) is 0 Å². The molecule has 0 spiro atoms. The highest BCUT2D eigenvalue weighted by molar-refractivity contribution is 9.10. The van der Waals surface area contributed by atoms with E-state index in [1.165, 1.54) is 0 Å². The fourth-order valence-electron chi connectivity index (χ4n) is 1.80. The van der Waals surface area contributed by atoms with E-state index in [0.717, 1.165) is 29.1 Å². The first-order chi connectivity index (χ1) is 7.22. The summed E-state index contributed by atoms with van der Waals surface area (Å²) in [6, 6.07) is 6.47. The first-order valence-corrected chi connectivity index (χ1v) is 5.90. The number of rotatable bonds is 2. The number of benzene rings is 1. The zero-order valence-electron chi connectivity index (χ0n) is 8.74. The molecule has 0 aliphatic carbocycles. The van der Waals surface area contributed by atoms with E-state index < -0.39 is 0 Å². The molecule has 0 fully saturated rings. The first kappa shape index (κ1) is 10.8. The summed E-state index contributed by atoms with van der Waals surface area (Å²) in [6.07, 6.45) is 0. The van der Waals surface area contributed by atoms with Crippen LogP contribution in [0.5, 0.6) is 5.75 Å². The Morgan fingerprint density at radius 1 is 1.60 bits per heavy atom. The van der Waals surface area contributed by atoms with Gasteiger partial charge in [-0.1, -0.05) is 15.9 Å². The predicted octanol–water partition coefficient (Wildman–Crippen LogP) is 2.00. The highest BCUT2D eigenvalue weighted by Gasteiger charge is 2.21. The van der Waals surface area contributed by atoms with Gasteiger partial charge in [0.05, 0.1) is 12.2 Å². The number of nitrogens with two attached hydrogens (primary N) is 1. The number of hydrogen-bond donors (Lipinski definition) is 1. The van der Waals surface area contributed by atoms with E-state index in [4.69, 9.17) is 10.5 Å². The highest BCUT2D eigenvalue weighted by Crippen LogP contribution is 2.34. The Labute approximate surface area is 98.3 Å².